The first-order chi connectivity index (χ1) is 7.14. The van der Waals surface area contributed by atoms with Gasteiger partial charge in [-0.15, -0.1) is 6.58 Å². The van der Waals surface area contributed by atoms with Crippen molar-refractivity contribution in [3.05, 3.63) is 12.7 Å². The van der Waals surface area contributed by atoms with Crippen LogP contribution in [0.3, 0.4) is 0 Å². The Balaban J connectivity index is 2.01. The van der Waals surface area contributed by atoms with Crippen LogP contribution in [0.2, 0.25) is 0 Å². The summed E-state index contributed by atoms with van der Waals surface area (Å²) in [6, 6.07) is 0. The summed E-state index contributed by atoms with van der Waals surface area (Å²) in [6.07, 6.45) is 8.87. The van der Waals surface area contributed by atoms with Gasteiger partial charge in [0.05, 0.1) is 5.60 Å². The lowest BCUT2D eigenvalue weighted by Gasteiger charge is -2.35. The van der Waals surface area contributed by atoms with Gasteiger partial charge in [0, 0.05) is 13.1 Å². The summed E-state index contributed by atoms with van der Waals surface area (Å²) >= 11 is 0. The lowest BCUT2D eigenvalue weighted by Crippen LogP contribution is -2.42. The predicted octanol–water partition coefficient (Wildman–Crippen LogP) is 2.58. The van der Waals surface area contributed by atoms with Crippen LogP contribution in [0.4, 0.5) is 0 Å². The predicted molar refractivity (Wildman–Crippen MR) is 65.0 cm³/mol. The van der Waals surface area contributed by atoms with Gasteiger partial charge in [-0.2, -0.15) is 0 Å². The van der Waals surface area contributed by atoms with Crippen molar-refractivity contribution < 1.29 is 5.11 Å². The van der Waals surface area contributed by atoms with Crippen molar-refractivity contribution >= 4 is 0 Å². The molecule has 1 fully saturated rings. The number of hydrogen-bond acceptors (Lipinski definition) is 2. The van der Waals surface area contributed by atoms with Gasteiger partial charge in [0.2, 0.25) is 0 Å². The van der Waals surface area contributed by atoms with E-state index in [1.54, 1.807) is 0 Å². The van der Waals surface area contributed by atoms with E-state index in [9.17, 15) is 5.11 Å². The molecule has 1 heterocycles. The zero-order chi connectivity index (χ0) is 11.1. The third-order valence-corrected chi connectivity index (χ3v) is 3.32. The first-order valence-corrected chi connectivity index (χ1v) is 6.20. The maximum absolute atomic E-state index is 9.80. The van der Waals surface area contributed by atoms with Crippen molar-refractivity contribution in [2.24, 2.45) is 0 Å². The summed E-state index contributed by atoms with van der Waals surface area (Å²) < 4.78 is 0. The number of aliphatic hydroxyl groups is 1. The number of unbranched alkanes of at least 4 members (excludes halogenated alkanes) is 3. The lowest BCUT2D eigenvalue weighted by molar-refractivity contribution is -0.00553. The molecule has 0 atom stereocenters. The van der Waals surface area contributed by atoms with E-state index in [1.165, 1.54) is 25.8 Å². The van der Waals surface area contributed by atoms with Crippen LogP contribution in [-0.4, -0.2) is 35.2 Å². The summed E-state index contributed by atoms with van der Waals surface area (Å²) in [7, 11) is 0. The van der Waals surface area contributed by atoms with Crippen molar-refractivity contribution in [3.8, 4) is 0 Å². The summed E-state index contributed by atoms with van der Waals surface area (Å²) in [6.45, 7) is 9.01. The molecule has 2 heteroatoms. The average Bonchev–Trinajstić information content (AvgIpc) is 2.20. The Morgan fingerprint density at radius 1 is 1.27 bits per heavy atom. The Labute approximate surface area is 94.0 Å². The van der Waals surface area contributed by atoms with Crippen LogP contribution in [-0.2, 0) is 0 Å². The van der Waals surface area contributed by atoms with E-state index in [1.807, 2.05) is 13.0 Å². The second-order valence-corrected chi connectivity index (χ2v) is 4.98. The highest BCUT2D eigenvalue weighted by Gasteiger charge is 2.26. The van der Waals surface area contributed by atoms with Gasteiger partial charge in [0.25, 0.3) is 0 Å². The zero-order valence-corrected chi connectivity index (χ0v) is 10.0. The van der Waals surface area contributed by atoms with Crippen LogP contribution in [0.5, 0.6) is 0 Å². The van der Waals surface area contributed by atoms with Crippen LogP contribution in [0.1, 0.15) is 45.4 Å². The monoisotopic (exact) mass is 211 g/mol. The average molecular weight is 211 g/mol. The molecule has 0 amide bonds. The van der Waals surface area contributed by atoms with Crippen LogP contribution in [0.25, 0.3) is 0 Å². The molecule has 0 radical (unpaired) electrons. The van der Waals surface area contributed by atoms with Gasteiger partial charge in [0.15, 0.2) is 0 Å². The summed E-state index contributed by atoms with van der Waals surface area (Å²) in [5.74, 6) is 0. The molecule has 2 nitrogen and oxygen atoms in total. The first kappa shape index (κ1) is 12.7. The fourth-order valence-corrected chi connectivity index (χ4v) is 2.06. The van der Waals surface area contributed by atoms with E-state index in [0.29, 0.717) is 0 Å². The minimum atomic E-state index is -0.403. The molecule has 0 aromatic rings. The Bertz CT molecular complexity index is 179. The van der Waals surface area contributed by atoms with Gasteiger partial charge in [-0.1, -0.05) is 12.5 Å². The maximum Gasteiger partial charge on any atom is 0.0644 e. The largest absolute Gasteiger partial charge is 0.390 e. The second-order valence-electron chi connectivity index (χ2n) is 4.98. The van der Waals surface area contributed by atoms with E-state index >= 15 is 0 Å². The lowest BCUT2D eigenvalue weighted by atomic mass is 9.94. The SMILES string of the molecule is C=CCCCCCN1CCC(C)(O)CC1. The number of rotatable bonds is 6. The molecule has 0 bridgehead atoms. The molecule has 0 aromatic carbocycles. The fourth-order valence-electron chi connectivity index (χ4n) is 2.06. The summed E-state index contributed by atoms with van der Waals surface area (Å²) in [4.78, 5) is 2.48. The normalized spacial score (nSPS) is 21.5. The number of hydrogen-bond donors (Lipinski definition) is 1. The van der Waals surface area contributed by atoms with Crippen molar-refractivity contribution in [1.82, 2.24) is 4.90 Å². The highest BCUT2D eigenvalue weighted by molar-refractivity contribution is 4.81. The molecule has 1 rings (SSSR count). The van der Waals surface area contributed by atoms with Gasteiger partial charge < -0.3 is 10.0 Å². The minimum absolute atomic E-state index is 0.403. The smallest absolute Gasteiger partial charge is 0.0644 e. The maximum atomic E-state index is 9.80. The van der Waals surface area contributed by atoms with Crippen LogP contribution < -0.4 is 0 Å². The van der Waals surface area contributed by atoms with Crippen molar-refractivity contribution in [3.63, 3.8) is 0 Å². The van der Waals surface area contributed by atoms with Crippen LogP contribution in [0.15, 0.2) is 12.7 Å². The van der Waals surface area contributed by atoms with Gasteiger partial charge in [-0.25, -0.2) is 0 Å². The molecular formula is C13H25NO. The van der Waals surface area contributed by atoms with Crippen molar-refractivity contribution in [1.29, 1.82) is 0 Å². The minimum Gasteiger partial charge on any atom is -0.390 e. The molecule has 0 aliphatic carbocycles. The highest BCUT2D eigenvalue weighted by Crippen LogP contribution is 2.21. The molecular weight excluding hydrogens is 186 g/mol. The highest BCUT2D eigenvalue weighted by atomic mass is 16.3. The topological polar surface area (TPSA) is 23.5 Å². The van der Waals surface area contributed by atoms with E-state index in [-0.39, 0.29) is 0 Å². The van der Waals surface area contributed by atoms with Gasteiger partial charge >= 0.3 is 0 Å². The molecule has 0 spiro atoms. The number of piperidine rings is 1. The number of allylic oxidation sites excluding steroid dienone is 1. The Kier molecular flexibility index (Phi) is 5.34. The van der Waals surface area contributed by atoms with Crippen molar-refractivity contribution in [2.45, 2.75) is 51.0 Å². The van der Waals surface area contributed by atoms with E-state index in [4.69, 9.17) is 0 Å². The van der Waals surface area contributed by atoms with E-state index < -0.39 is 5.60 Å². The molecule has 1 saturated heterocycles. The third kappa shape index (κ3) is 5.33. The molecule has 88 valence electrons. The molecule has 0 unspecified atom stereocenters. The molecule has 15 heavy (non-hydrogen) atoms. The van der Waals surface area contributed by atoms with E-state index in [0.717, 1.165) is 32.4 Å². The van der Waals surface area contributed by atoms with Crippen molar-refractivity contribution in [2.75, 3.05) is 19.6 Å². The molecule has 0 aromatic heterocycles. The van der Waals surface area contributed by atoms with Gasteiger partial charge in [0.1, 0.15) is 0 Å². The Morgan fingerprint density at radius 2 is 1.93 bits per heavy atom. The standard InChI is InChI=1S/C13H25NO/c1-3-4-5-6-7-10-14-11-8-13(2,15)9-12-14/h3,15H,1,4-12H2,2H3. The molecule has 1 aliphatic rings. The first-order valence-electron chi connectivity index (χ1n) is 6.20. The Hall–Kier alpha value is -0.340. The van der Waals surface area contributed by atoms with Gasteiger partial charge in [-0.3, -0.25) is 0 Å². The van der Waals surface area contributed by atoms with Crippen LogP contribution in [0, 0.1) is 0 Å². The zero-order valence-electron chi connectivity index (χ0n) is 10.0. The molecule has 1 aliphatic heterocycles. The Morgan fingerprint density at radius 3 is 2.53 bits per heavy atom. The fraction of sp³-hybridized carbons (Fsp3) is 0.846. The van der Waals surface area contributed by atoms with E-state index in [2.05, 4.69) is 11.5 Å². The number of nitrogens with zero attached hydrogens (tertiary/aromatic N) is 1. The quantitative estimate of drug-likeness (QED) is 0.539. The van der Waals surface area contributed by atoms with Crippen LogP contribution >= 0.6 is 0 Å². The number of likely N-dealkylation sites (tertiary alicyclic amines) is 1. The van der Waals surface area contributed by atoms with Gasteiger partial charge in [-0.05, 0) is 45.6 Å². The summed E-state index contributed by atoms with van der Waals surface area (Å²) in [5.41, 5.74) is -0.403. The third-order valence-electron chi connectivity index (χ3n) is 3.32. The molecule has 0 saturated carbocycles. The second kappa shape index (κ2) is 6.29. The molecule has 1 N–H and O–H groups in total. The summed E-state index contributed by atoms with van der Waals surface area (Å²) in [5, 5.41) is 9.80.